The van der Waals surface area contributed by atoms with Crippen LogP contribution in [0.25, 0.3) is 5.52 Å². The minimum Gasteiger partial charge on any atom is -0.484 e. The van der Waals surface area contributed by atoms with Crippen LogP contribution in [0.5, 0.6) is 5.75 Å². The molecule has 2 aromatic heterocycles. The van der Waals surface area contributed by atoms with Crippen LogP contribution in [-0.2, 0) is 0 Å². The fourth-order valence-electron chi connectivity index (χ4n) is 2.21. The number of ether oxygens (including phenoxy) is 1. The molecule has 0 N–H and O–H groups in total. The number of rotatable bonds is 3. The molecule has 2 heterocycles. The maximum atomic E-state index is 9.20. The van der Waals surface area contributed by atoms with Crippen LogP contribution < -0.4 is 4.74 Å². The van der Waals surface area contributed by atoms with Crippen molar-refractivity contribution in [1.82, 2.24) is 9.61 Å². The van der Waals surface area contributed by atoms with Crippen LogP contribution in [0.1, 0.15) is 24.2 Å². The highest BCUT2D eigenvalue weighted by atomic mass is 79.9. The van der Waals surface area contributed by atoms with Crippen molar-refractivity contribution >= 4 is 21.4 Å². The highest BCUT2D eigenvalue weighted by Crippen LogP contribution is 2.30. The van der Waals surface area contributed by atoms with E-state index in [1.165, 1.54) is 0 Å². The van der Waals surface area contributed by atoms with Crippen LogP contribution in [0, 0.1) is 11.3 Å². The third kappa shape index (κ3) is 2.63. The lowest BCUT2D eigenvalue weighted by Gasteiger charge is -2.16. The van der Waals surface area contributed by atoms with Crippen molar-refractivity contribution in [2.24, 2.45) is 0 Å². The number of pyridine rings is 1. The van der Waals surface area contributed by atoms with E-state index in [9.17, 15) is 5.26 Å². The van der Waals surface area contributed by atoms with Crippen molar-refractivity contribution in [2.45, 2.75) is 13.0 Å². The summed E-state index contributed by atoms with van der Waals surface area (Å²) in [5.74, 6) is 0.634. The van der Waals surface area contributed by atoms with Gasteiger partial charge in [0.15, 0.2) is 0 Å². The molecular formula is C16H12BrN3O. The van der Waals surface area contributed by atoms with Gasteiger partial charge in [0.25, 0.3) is 0 Å². The Morgan fingerprint density at radius 2 is 2.10 bits per heavy atom. The number of halogens is 1. The zero-order chi connectivity index (χ0) is 14.8. The maximum absolute atomic E-state index is 9.20. The summed E-state index contributed by atoms with van der Waals surface area (Å²) in [5.41, 5.74) is 2.26. The van der Waals surface area contributed by atoms with Gasteiger partial charge in [0.1, 0.15) is 29.0 Å². The molecule has 0 unspecified atom stereocenters. The van der Waals surface area contributed by atoms with E-state index in [1.807, 2.05) is 43.3 Å². The summed E-state index contributed by atoms with van der Waals surface area (Å²) in [4.78, 5) is 0. The topological polar surface area (TPSA) is 50.3 Å². The SMILES string of the molecule is C[C@@H](Oc1cc(Br)cn2ncc(C#N)c12)c1ccccc1. The van der Waals surface area contributed by atoms with E-state index in [1.54, 1.807) is 16.9 Å². The highest BCUT2D eigenvalue weighted by Gasteiger charge is 2.14. The predicted octanol–water partition coefficient (Wildman–Crippen LogP) is 4.11. The summed E-state index contributed by atoms with van der Waals surface area (Å²) in [6.07, 6.45) is 3.23. The second-order valence-corrected chi connectivity index (χ2v) is 5.57. The fraction of sp³-hybridized carbons (Fsp3) is 0.125. The van der Waals surface area contributed by atoms with Crippen molar-refractivity contribution in [1.29, 1.82) is 5.26 Å². The molecule has 104 valence electrons. The molecule has 0 aliphatic heterocycles. The first kappa shape index (κ1) is 13.7. The summed E-state index contributed by atoms with van der Waals surface area (Å²) in [5, 5.41) is 13.4. The first-order valence-corrected chi connectivity index (χ1v) is 7.27. The average molecular weight is 342 g/mol. The molecule has 5 heteroatoms. The second-order valence-electron chi connectivity index (χ2n) is 4.66. The molecule has 3 aromatic rings. The Hall–Kier alpha value is -2.32. The molecule has 4 nitrogen and oxygen atoms in total. The van der Waals surface area contributed by atoms with Crippen LogP contribution in [0.4, 0.5) is 0 Å². The first-order chi connectivity index (χ1) is 10.2. The summed E-state index contributed by atoms with van der Waals surface area (Å²) >= 11 is 3.44. The standard InChI is InChI=1S/C16H12BrN3O/c1-11(12-5-3-2-4-6-12)21-15-7-14(17)10-20-16(15)13(8-18)9-19-20/h2-7,9-11H,1H3/t11-/m1/s1. The Bertz CT molecular complexity index is 821. The van der Waals surface area contributed by atoms with Gasteiger partial charge in [-0.3, -0.25) is 0 Å². The molecule has 0 spiro atoms. The minimum atomic E-state index is -0.120. The Morgan fingerprint density at radius 3 is 2.81 bits per heavy atom. The van der Waals surface area contributed by atoms with Crippen LogP contribution in [-0.4, -0.2) is 9.61 Å². The molecule has 0 radical (unpaired) electrons. The van der Waals surface area contributed by atoms with Gasteiger partial charge in [0.2, 0.25) is 0 Å². The molecule has 0 bridgehead atoms. The molecule has 0 aliphatic rings. The van der Waals surface area contributed by atoms with E-state index >= 15 is 0 Å². The number of aromatic nitrogens is 2. The van der Waals surface area contributed by atoms with E-state index in [-0.39, 0.29) is 6.10 Å². The monoisotopic (exact) mass is 341 g/mol. The Balaban J connectivity index is 2.04. The minimum absolute atomic E-state index is 0.120. The normalized spacial score (nSPS) is 12.0. The summed E-state index contributed by atoms with van der Waals surface area (Å²) in [6, 6.07) is 14.0. The molecule has 0 fully saturated rings. The Kier molecular flexibility index (Phi) is 3.63. The number of nitriles is 1. The lowest BCUT2D eigenvalue weighted by molar-refractivity contribution is 0.229. The lowest BCUT2D eigenvalue weighted by Crippen LogP contribution is -2.04. The van der Waals surface area contributed by atoms with E-state index in [2.05, 4.69) is 27.1 Å². The van der Waals surface area contributed by atoms with E-state index in [0.717, 1.165) is 10.0 Å². The maximum Gasteiger partial charge on any atom is 0.148 e. The number of fused-ring (bicyclic) bond motifs is 1. The Morgan fingerprint density at radius 1 is 1.33 bits per heavy atom. The number of hydrogen-bond acceptors (Lipinski definition) is 3. The van der Waals surface area contributed by atoms with Gasteiger partial charge in [0, 0.05) is 10.7 Å². The van der Waals surface area contributed by atoms with Crippen molar-refractivity contribution in [3.8, 4) is 11.8 Å². The van der Waals surface area contributed by atoms with Gasteiger partial charge < -0.3 is 4.74 Å². The van der Waals surface area contributed by atoms with Crippen molar-refractivity contribution in [2.75, 3.05) is 0 Å². The highest BCUT2D eigenvalue weighted by molar-refractivity contribution is 9.10. The fourth-order valence-corrected chi connectivity index (χ4v) is 2.61. The summed E-state index contributed by atoms with van der Waals surface area (Å²) < 4.78 is 8.55. The largest absolute Gasteiger partial charge is 0.484 e. The van der Waals surface area contributed by atoms with Crippen molar-refractivity contribution in [3.05, 3.63) is 64.4 Å². The Labute approximate surface area is 130 Å². The molecule has 3 rings (SSSR count). The third-order valence-electron chi connectivity index (χ3n) is 3.24. The van der Waals surface area contributed by atoms with Crippen LogP contribution in [0.3, 0.4) is 0 Å². The van der Waals surface area contributed by atoms with E-state index < -0.39 is 0 Å². The van der Waals surface area contributed by atoms with Gasteiger partial charge >= 0.3 is 0 Å². The number of hydrogen-bond donors (Lipinski definition) is 0. The van der Waals surface area contributed by atoms with Gasteiger partial charge in [-0.25, -0.2) is 4.52 Å². The van der Waals surface area contributed by atoms with Crippen LogP contribution in [0.15, 0.2) is 53.3 Å². The summed E-state index contributed by atoms with van der Waals surface area (Å²) in [6.45, 7) is 1.98. The van der Waals surface area contributed by atoms with Crippen LogP contribution >= 0.6 is 15.9 Å². The van der Waals surface area contributed by atoms with Crippen molar-refractivity contribution < 1.29 is 4.74 Å². The predicted molar refractivity (Wildman–Crippen MR) is 83.1 cm³/mol. The first-order valence-electron chi connectivity index (χ1n) is 6.47. The molecule has 0 saturated carbocycles. The smallest absolute Gasteiger partial charge is 0.148 e. The molecule has 1 atom stereocenters. The van der Waals surface area contributed by atoms with Gasteiger partial charge in [-0.2, -0.15) is 10.4 Å². The molecular weight excluding hydrogens is 330 g/mol. The zero-order valence-electron chi connectivity index (χ0n) is 11.3. The average Bonchev–Trinajstić information content (AvgIpc) is 2.91. The lowest BCUT2D eigenvalue weighted by atomic mass is 10.1. The molecule has 1 aromatic carbocycles. The third-order valence-corrected chi connectivity index (χ3v) is 3.67. The molecule has 0 saturated heterocycles. The zero-order valence-corrected chi connectivity index (χ0v) is 12.9. The van der Waals surface area contributed by atoms with Gasteiger partial charge in [-0.1, -0.05) is 30.3 Å². The quantitative estimate of drug-likeness (QED) is 0.720. The number of benzene rings is 1. The van der Waals surface area contributed by atoms with Crippen molar-refractivity contribution in [3.63, 3.8) is 0 Å². The van der Waals surface area contributed by atoms with E-state index in [4.69, 9.17) is 4.74 Å². The van der Waals surface area contributed by atoms with Gasteiger partial charge in [-0.05, 0) is 34.5 Å². The van der Waals surface area contributed by atoms with E-state index in [0.29, 0.717) is 16.8 Å². The molecule has 21 heavy (non-hydrogen) atoms. The molecule has 0 aliphatic carbocycles. The molecule has 0 amide bonds. The van der Waals surface area contributed by atoms with Crippen LogP contribution in [0.2, 0.25) is 0 Å². The number of nitrogens with zero attached hydrogens (tertiary/aromatic N) is 3. The second kappa shape index (κ2) is 5.58. The van der Waals surface area contributed by atoms with Gasteiger partial charge in [-0.15, -0.1) is 0 Å². The summed E-state index contributed by atoms with van der Waals surface area (Å²) in [7, 11) is 0. The van der Waals surface area contributed by atoms with Gasteiger partial charge in [0.05, 0.1) is 6.20 Å².